The van der Waals surface area contributed by atoms with Gasteiger partial charge in [-0.05, 0) is 46.8 Å². The highest BCUT2D eigenvalue weighted by Gasteiger charge is 2.47. The fourth-order valence-corrected chi connectivity index (χ4v) is 2.17. The Morgan fingerprint density at radius 1 is 1.05 bits per heavy atom. The molecule has 0 N–H and O–H groups in total. The predicted molar refractivity (Wildman–Crippen MR) is 80.0 cm³/mol. The molecule has 0 saturated carbocycles. The molecule has 0 aromatic carbocycles. The highest BCUT2D eigenvalue weighted by Crippen LogP contribution is 2.38. The zero-order valence-electron chi connectivity index (χ0n) is 13.8. The second-order valence-electron chi connectivity index (χ2n) is 5.42. The summed E-state index contributed by atoms with van der Waals surface area (Å²) < 4.78 is 21.3. The first-order chi connectivity index (χ1) is 10.2. The lowest BCUT2D eigenvalue weighted by atomic mass is 9.98. The van der Waals surface area contributed by atoms with Gasteiger partial charge in [-0.15, -0.1) is 0 Å². The van der Waals surface area contributed by atoms with Crippen LogP contribution in [0.2, 0.25) is 0 Å². The molecule has 22 heavy (non-hydrogen) atoms. The van der Waals surface area contributed by atoms with Crippen LogP contribution in [0.3, 0.4) is 0 Å². The van der Waals surface area contributed by atoms with E-state index in [1.54, 1.807) is 46.8 Å². The van der Waals surface area contributed by atoms with Crippen LogP contribution in [0, 0.1) is 0 Å². The van der Waals surface area contributed by atoms with Crippen molar-refractivity contribution in [1.29, 1.82) is 0 Å². The molecule has 0 aromatic rings. The van der Waals surface area contributed by atoms with E-state index in [1.807, 2.05) is 0 Å². The number of ether oxygens (including phenoxy) is 4. The summed E-state index contributed by atoms with van der Waals surface area (Å²) in [5.41, 5.74) is -0.890. The monoisotopic (exact) mass is 312 g/mol. The quantitative estimate of drug-likeness (QED) is 0.553. The van der Waals surface area contributed by atoms with E-state index in [1.165, 1.54) is 12.2 Å². The lowest BCUT2D eigenvalue weighted by Gasteiger charge is -2.23. The molecule has 0 amide bonds. The van der Waals surface area contributed by atoms with Crippen molar-refractivity contribution >= 4 is 11.9 Å². The molecule has 2 atom stereocenters. The number of esters is 2. The summed E-state index contributed by atoms with van der Waals surface area (Å²) in [6, 6.07) is 0. The van der Waals surface area contributed by atoms with Crippen LogP contribution in [0.15, 0.2) is 24.3 Å². The highest BCUT2D eigenvalue weighted by atomic mass is 16.8. The first kappa shape index (κ1) is 18.4. The number of carbonyl (C=O) groups is 2. The number of rotatable bonds is 6. The first-order valence-electron chi connectivity index (χ1n) is 7.31. The maximum absolute atomic E-state index is 11.5. The first-order valence-corrected chi connectivity index (χ1v) is 7.31. The Balaban J connectivity index is 2.88. The summed E-state index contributed by atoms with van der Waals surface area (Å²) in [4.78, 5) is 22.9. The lowest BCUT2D eigenvalue weighted by molar-refractivity contribution is -0.152. The Bertz CT molecular complexity index is 465. The van der Waals surface area contributed by atoms with Crippen LogP contribution < -0.4 is 0 Å². The number of carbonyl (C=O) groups excluding carboxylic acids is 2. The standard InChI is InChI=1S/C16H24O6/c1-6-19-13(17)9-8-12-16(5,22-15(3,4)21-12)11-10-14(18)20-7-2/h8-12H,6-7H2,1-5H3/b9-8+,11-10+/t12-,16+/m1/s1. The van der Waals surface area contributed by atoms with Gasteiger partial charge in [0.05, 0.1) is 13.2 Å². The lowest BCUT2D eigenvalue weighted by Crippen LogP contribution is -2.34. The Kier molecular flexibility index (Phi) is 6.32. The van der Waals surface area contributed by atoms with Crippen molar-refractivity contribution in [2.45, 2.75) is 52.1 Å². The average Bonchev–Trinajstić information content (AvgIpc) is 2.65. The van der Waals surface area contributed by atoms with Crippen LogP contribution in [0.1, 0.15) is 34.6 Å². The minimum Gasteiger partial charge on any atom is -0.463 e. The molecule has 1 saturated heterocycles. The van der Waals surface area contributed by atoms with Gasteiger partial charge in [-0.25, -0.2) is 9.59 Å². The molecule has 1 aliphatic rings. The molecule has 0 unspecified atom stereocenters. The van der Waals surface area contributed by atoms with Crippen LogP contribution in [-0.2, 0) is 28.5 Å². The van der Waals surface area contributed by atoms with Crippen LogP contribution in [0.25, 0.3) is 0 Å². The summed E-state index contributed by atoms with van der Waals surface area (Å²) in [6.45, 7) is 9.37. The van der Waals surface area contributed by atoms with Crippen LogP contribution in [-0.4, -0.2) is 42.6 Å². The van der Waals surface area contributed by atoms with E-state index < -0.39 is 29.4 Å². The molecule has 0 aromatic heterocycles. The molecular formula is C16H24O6. The topological polar surface area (TPSA) is 71.1 Å². The van der Waals surface area contributed by atoms with E-state index in [0.29, 0.717) is 13.2 Å². The Morgan fingerprint density at radius 3 is 2.14 bits per heavy atom. The maximum Gasteiger partial charge on any atom is 0.330 e. The molecule has 1 heterocycles. The summed E-state index contributed by atoms with van der Waals surface area (Å²) in [6.07, 6.45) is 5.23. The van der Waals surface area contributed by atoms with Gasteiger partial charge in [0, 0.05) is 12.2 Å². The van der Waals surface area contributed by atoms with Gasteiger partial charge in [-0.1, -0.05) is 0 Å². The van der Waals surface area contributed by atoms with Gasteiger partial charge in [0.2, 0.25) is 0 Å². The normalized spacial score (nSPS) is 27.4. The highest BCUT2D eigenvalue weighted by molar-refractivity contribution is 5.82. The van der Waals surface area contributed by atoms with Crippen molar-refractivity contribution in [3.63, 3.8) is 0 Å². The van der Waals surface area contributed by atoms with Crippen LogP contribution >= 0.6 is 0 Å². The van der Waals surface area contributed by atoms with Crippen molar-refractivity contribution in [1.82, 2.24) is 0 Å². The largest absolute Gasteiger partial charge is 0.463 e. The molecule has 6 heteroatoms. The van der Waals surface area contributed by atoms with Crippen molar-refractivity contribution in [2.75, 3.05) is 13.2 Å². The second-order valence-corrected chi connectivity index (χ2v) is 5.42. The van der Waals surface area contributed by atoms with E-state index in [2.05, 4.69) is 0 Å². The summed E-state index contributed by atoms with van der Waals surface area (Å²) in [5, 5.41) is 0. The van der Waals surface area contributed by atoms with Gasteiger partial charge in [-0.2, -0.15) is 0 Å². The molecular weight excluding hydrogens is 288 g/mol. The van der Waals surface area contributed by atoms with Gasteiger partial charge in [0.1, 0.15) is 11.7 Å². The van der Waals surface area contributed by atoms with Gasteiger partial charge in [0.25, 0.3) is 0 Å². The molecule has 124 valence electrons. The van der Waals surface area contributed by atoms with Gasteiger partial charge >= 0.3 is 11.9 Å². The van der Waals surface area contributed by atoms with E-state index >= 15 is 0 Å². The third kappa shape index (κ3) is 5.27. The van der Waals surface area contributed by atoms with Gasteiger partial charge in [0.15, 0.2) is 5.79 Å². The molecule has 1 fully saturated rings. The van der Waals surface area contributed by atoms with Crippen LogP contribution in [0.4, 0.5) is 0 Å². The Labute approximate surface area is 131 Å². The maximum atomic E-state index is 11.5. The minimum atomic E-state index is -0.890. The SMILES string of the molecule is CCOC(=O)/C=C/[C@H]1OC(C)(C)O[C@@]1(C)/C=C/C(=O)OCC. The fraction of sp³-hybridized carbons (Fsp3) is 0.625. The molecule has 0 radical (unpaired) electrons. The van der Waals surface area contributed by atoms with Crippen molar-refractivity contribution in [3.05, 3.63) is 24.3 Å². The average molecular weight is 312 g/mol. The zero-order valence-corrected chi connectivity index (χ0v) is 13.8. The number of hydrogen-bond donors (Lipinski definition) is 0. The van der Waals surface area contributed by atoms with Crippen molar-refractivity contribution in [3.8, 4) is 0 Å². The molecule has 0 bridgehead atoms. The van der Waals surface area contributed by atoms with Crippen molar-refractivity contribution in [2.24, 2.45) is 0 Å². The molecule has 1 rings (SSSR count). The van der Waals surface area contributed by atoms with Crippen LogP contribution in [0.5, 0.6) is 0 Å². The summed E-state index contributed by atoms with van der Waals surface area (Å²) >= 11 is 0. The van der Waals surface area contributed by atoms with E-state index in [0.717, 1.165) is 0 Å². The van der Waals surface area contributed by atoms with Gasteiger partial charge in [-0.3, -0.25) is 0 Å². The molecule has 1 aliphatic heterocycles. The summed E-state index contributed by atoms with van der Waals surface area (Å²) in [7, 11) is 0. The smallest absolute Gasteiger partial charge is 0.330 e. The predicted octanol–water partition coefficient (Wildman–Crippen LogP) is 2.14. The summed E-state index contributed by atoms with van der Waals surface area (Å²) in [5.74, 6) is -1.74. The Morgan fingerprint density at radius 2 is 1.59 bits per heavy atom. The molecule has 6 nitrogen and oxygen atoms in total. The van der Waals surface area contributed by atoms with E-state index in [4.69, 9.17) is 18.9 Å². The van der Waals surface area contributed by atoms with E-state index in [-0.39, 0.29) is 0 Å². The molecule has 0 aliphatic carbocycles. The number of hydrogen-bond acceptors (Lipinski definition) is 6. The molecule has 0 spiro atoms. The fourth-order valence-electron chi connectivity index (χ4n) is 2.17. The second kappa shape index (κ2) is 7.56. The zero-order chi connectivity index (χ0) is 16.8. The minimum absolute atomic E-state index is 0.301. The van der Waals surface area contributed by atoms with E-state index in [9.17, 15) is 9.59 Å². The van der Waals surface area contributed by atoms with Gasteiger partial charge < -0.3 is 18.9 Å². The Hall–Kier alpha value is -1.66. The third-order valence-corrected chi connectivity index (χ3v) is 2.97. The third-order valence-electron chi connectivity index (χ3n) is 2.97. The van der Waals surface area contributed by atoms with Crippen molar-refractivity contribution < 1.29 is 28.5 Å².